The number of benzene rings is 1. The molecule has 0 heterocycles. The summed E-state index contributed by atoms with van der Waals surface area (Å²) in [6.07, 6.45) is 0.283. The zero-order chi connectivity index (χ0) is 11.1. The number of rotatable bonds is 4. The van der Waals surface area contributed by atoms with E-state index in [1.54, 1.807) is 19.2 Å². The minimum absolute atomic E-state index is 0.0506. The van der Waals surface area contributed by atoms with Gasteiger partial charge in [0.1, 0.15) is 12.3 Å². The van der Waals surface area contributed by atoms with Gasteiger partial charge in [0.25, 0.3) is 0 Å². The van der Waals surface area contributed by atoms with Crippen molar-refractivity contribution in [2.24, 2.45) is 0 Å². The first kappa shape index (κ1) is 11.1. The van der Waals surface area contributed by atoms with Crippen molar-refractivity contribution >= 4 is 5.91 Å². The van der Waals surface area contributed by atoms with Gasteiger partial charge in [-0.1, -0.05) is 12.1 Å². The fraction of sp³-hybridized carbons (Fsp3) is 0.273. The van der Waals surface area contributed by atoms with E-state index in [4.69, 9.17) is 10.00 Å². The Kier molecular flexibility index (Phi) is 4.17. The van der Waals surface area contributed by atoms with E-state index in [2.05, 4.69) is 5.32 Å². The largest absolute Gasteiger partial charge is 0.497 e. The molecule has 4 heteroatoms. The molecule has 0 spiro atoms. The first-order valence-electron chi connectivity index (χ1n) is 4.53. The lowest BCUT2D eigenvalue weighted by atomic mass is 10.1. The molecule has 78 valence electrons. The molecule has 0 saturated heterocycles. The summed E-state index contributed by atoms with van der Waals surface area (Å²) in [4.78, 5) is 11.2. The minimum atomic E-state index is -0.151. The monoisotopic (exact) mass is 204 g/mol. The molecule has 0 atom stereocenters. The van der Waals surface area contributed by atoms with Gasteiger partial charge in [-0.05, 0) is 17.7 Å². The maximum Gasteiger partial charge on any atom is 0.225 e. The Bertz CT molecular complexity index is 365. The van der Waals surface area contributed by atoms with Crippen molar-refractivity contribution in [1.29, 1.82) is 5.26 Å². The van der Waals surface area contributed by atoms with Gasteiger partial charge < -0.3 is 10.1 Å². The Morgan fingerprint density at radius 1 is 1.47 bits per heavy atom. The molecule has 0 aliphatic rings. The number of ether oxygens (including phenoxy) is 1. The summed E-state index contributed by atoms with van der Waals surface area (Å²) in [6.45, 7) is 0.0506. The molecule has 1 rings (SSSR count). The maximum atomic E-state index is 11.2. The highest BCUT2D eigenvalue weighted by Gasteiger charge is 2.02. The molecule has 1 aromatic rings. The predicted molar refractivity (Wildman–Crippen MR) is 55.3 cm³/mol. The number of hydrogen-bond donors (Lipinski definition) is 1. The van der Waals surface area contributed by atoms with E-state index in [1.807, 2.05) is 18.2 Å². The molecule has 1 amide bonds. The van der Waals surface area contributed by atoms with Crippen LogP contribution in [0.4, 0.5) is 0 Å². The lowest BCUT2D eigenvalue weighted by Crippen LogP contribution is -2.25. The minimum Gasteiger partial charge on any atom is -0.497 e. The van der Waals surface area contributed by atoms with Crippen LogP contribution in [0.1, 0.15) is 5.56 Å². The van der Waals surface area contributed by atoms with Crippen molar-refractivity contribution in [3.05, 3.63) is 29.8 Å². The third-order valence-electron chi connectivity index (χ3n) is 1.89. The van der Waals surface area contributed by atoms with E-state index in [9.17, 15) is 4.79 Å². The predicted octanol–water partition coefficient (Wildman–Crippen LogP) is 0.877. The molecule has 4 nitrogen and oxygen atoms in total. The highest BCUT2D eigenvalue weighted by molar-refractivity contribution is 5.78. The van der Waals surface area contributed by atoms with E-state index in [1.165, 1.54) is 0 Å². The number of amides is 1. The van der Waals surface area contributed by atoms with E-state index in [0.29, 0.717) is 0 Å². The summed E-state index contributed by atoms with van der Waals surface area (Å²) in [5.41, 5.74) is 0.895. The molecule has 1 N–H and O–H groups in total. The van der Waals surface area contributed by atoms with Crippen LogP contribution in [0, 0.1) is 11.3 Å². The molecular weight excluding hydrogens is 192 g/mol. The Hall–Kier alpha value is -2.02. The van der Waals surface area contributed by atoms with Crippen LogP contribution in [0.25, 0.3) is 0 Å². The highest BCUT2D eigenvalue weighted by atomic mass is 16.5. The molecule has 0 fully saturated rings. The van der Waals surface area contributed by atoms with Crippen LogP contribution in [0.2, 0.25) is 0 Å². The zero-order valence-electron chi connectivity index (χ0n) is 8.49. The molecule has 15 heavy (non-hydrogen) atoms. The van der Waals surface area contributed by atoms with Gasteiger partial charge >= 0.3 is 0 Å². The Balaban J connectivity index is 2.50. The van der Waals surface area contributed by atoms with Crippen molar-refractivity contribution in [2.45, 2.75) is 6.42 Å². The zero-order valence-corrected chi connectivity index (χ0v) is 8.49. The quantitative estimate of drug-likeness (QED) is 0.740. The Morgan fingerprint density at radius 2 is 2.13 bits per heavy atom. The maximum absolute atomic E-state index is 11.2. The van der Waals surface area contributed by atoms with Gasteiger partial charge in [0.2, 0.25) is 5.91 Å². The van der Waals surface area contributed by atoms with Crippen LogP contribution < -0.4 is 10.1 Å². The first-order valence-corrected chi connectivity index (χ1v) is 4.53. The molecule has 0 unspecified atom stereocenters. The van der Waals surface area contributed by atoms with Crippen LogP contribution in [-0.2, 0) is 11.2 Å². The standard InChI is InChI=1S/C11H12N2O2/c1-15-10-4-2-9(3-5-10)8-11(14)13-7-6-12/h2-5H,7-8H2,1H3,(H,13,14). The first-order chi connectivity index (χ1) is 7.26. The van der Waals surface area contributed by atoms with Crippen LogP contribution in [-0.4, -0.2) is 19.6 Å². The number of nitriles is 1. The summed E-state index contributed by atoms with van der Waals surface area (Å²) in [6, 6.07) is 9.10. The van der Waals surface area contributed by atoms with E-state index in [0.717, 1.165) is 11.3 Å². The van der Waals surface area contributed by atoms with Crippen LogP contribution >= 0.6 is 0 Å². The molecule has 0 aliphatic carbocycles. The number of nitrogens with zero attached hydrogens (tertiary/aromatic N) is 1. The Labute approximate surface area is 88.5 Å². The van der Waals surface area contributed by atoms with Gasteiger partial charge in [0, 0.05) is 0 Å². The lowest BCUT2D eigenvalue weighted by Gasteiger charge is -2.03. The summed E-state index contributed by atoms with van der Waals surface area (Å²) in [5.74, 6) is 0.609. The molecule has 0 aliphatic heterocycles. The van der Waals surface area contributed by atoms with Gasteiger partial charge in [0.15, 0.2) is 0 Å². The highest BCUT2D eigenvalue weighted by Crippen LogP contribution is 2.11. The SMILES string of the molecule is COc1ccc(CC(=O)NCC#N)cc1. The fourth-order valence-corrected chi connectivity index (χ4v) is 1.13. The van der Waals surface area contributed by atoms with Gasteiger partial charge in [-0.15, -0.1) is 0 Å². The Morgan fingerprint density at radius 3 is 2.67 bits per heavy atom. The normalized spacial score (nSPS) is 9.07. The number of methoxy groups -OCH3 is 1. The summed E-state index contributed by atoms with van der Waals surface area (Å²) in [5, 5.41) is 10.7. The summed E-state index contributed by atoms with van der Waals surface area (Å²) < 4.78 is 5.00. The second-order valence-corrected chi connectivity index (χ2v) is 2.96. The fourth-order valence-electron chi connectivity index (χ4n) is 1.13. The number of hydrogen-bond acceptors (Lipinski definition) is 3. The summed E-state index contributed by atoms with van der Waals surface area (Å²) in [7, 11) is 1.59. The second kappa shape index (κ2) is 5.66. The van der Waals surface area contributed by atoms with E-state index < -0.39 is 0 Å². The molecule has 0 bridgehead atoms. The van der Waals surface area contributed by atoms with Crippen molar-refractivity contribution in [3.63, 3.8) is 0 Å². The average Bonchev–Trinajstić information content (AvgIpc) is 2.27. The molecular formula is C11H12N2O2. The number of nitrogens with one attached hydrogen (secondary N) is 1. The van der Waals surface area contributed by atoms with Crippen LogP contribution in [0.15, 0.2) is 24.3 Å². The van der Waals surface area contributed by atoms with Crippen molar-refractivity contribution in [3.8, 4) is 11.8 Å². The third-order valence-corrected chi connectivity index (χ3v) is 1.89. The molecule has 0 saturated carbocycles. The lowest BCUT2D eigenvalue weighted by molar-refractivity contribution is -0.120. The van der Waals surface area contributed by atoms with Crippen molar-refractivity contribution in [1.82, 2.24) is 5.32 Å². The molecule has 0 aromatic heterocycles. The summed E-state index contributed by atoms with van der Waals surface area (Å²) >= 11 is 0. The average molecular weight is 204 g/mol. The van der Waals surface area contributed by atoms with Crippen molar-refractivity contribution in [2.75, 3.05) is 13.7 Å². The van der Waals surface area contributed by atoms with Crippen LogP contribution in [0.3, 0.4) is 0 Å². The molecule has 1 aromatic carbocycles. The van der Waals surface area contributed by atoms with Gasteiger partial charge in [0.05, 0.1) is 19.6 Å². The van der Waals surface area contributed by atoms with E-state index >= 15 is 0 Å². The van der Waals surface area contributed by atoms with E-state index in [-0.39, 0.29) is 18.9 Å². The van der Waals surface area contributed by atoms with Crippen LogP contribution in [0.5, 0.6) is 5.75 Å². The number of carbonyl (C=O) groups excluding carboxylic acids is 1. The number of carbonyl (C=O) groups is 1. The van der Waals surface area contributed by atoms with Gasteiger partial charge in [-0.25, -0.2) is 0 Å². The molecule has 0 radical (unpaired) electrons. The van der Waals surface area contributed by atoms with Gasteiger partial charge in [-0.3, -0.25) is 4.79 Å². The second-order valence-electron chi connectivity index (χ2n) is 2.96. The third kappa shape index (κ3) is 3.69. The smallest absolute Gasteiger partial charge is 0.225 e. The van der Waals surface area contributed by atoms with Gasteiger partial charge in [-0.2, -0.15) is 5.26 Å². The van der Waals surface area contributed by atoms with Crippen molar-refractivity contribution < 1.29 is 9.53 Å². The topological polar surface area (TPSA) is 62.1 Å².